The van der Waals surface area contributed by atoms with Gasteiger partial charge in [0.1, 0.15) is 5.75 Å². The van der Waals surface area contributed by atoms with Gasteiger partial charge in [0.25, 0.3) is 0 Å². The maximum atomic E-state index is 5.39. The highest BCUT2D eigenvalue weighted by atomic mass is 127. The lowest BCUT2D eigenvalue weighted by Gasteiger charge is -2.18. The Balaban J connectivity index is 2.20. The Morgan fingerprint density at radius 1 is 1.11 bits per heavy atom. The van der Waals surface area contributed by atoms with E-state index in [4.69, 9.17) is 4.74 Å². The molecule has 0 bridgehead atoms. The van der Waals surface area contributed by atoms with Crippen molar-refractivity contribution >= 4 is 28.3 Å². The predicted octanol–water partition coefficient (Wildman–Crippen LogP) is 4.78. The lowest BCUT2D eigenvalue weighted by molar-refractivity contribution is 0.416. The number of halogens is 1. The van der Waals surface area contributed by atoms with Crippen molar-refractivity contribution in [2.75, 3.05) is 12.4 Å². The van der Waals surface area contributed by atoms with E-state index in [9.17, 15) is 0 Å². The molecule has 19 heavy (non-hydrogen) atoms. The molecule has 1 atom stereocenters. The molecule has 100 valence electrons. The third-order valence-corrected chi connectivity index (χ3v) is 3.82. The summed E-state index contributed by atoms with van der Waals surface area (Å²) in [5, 5.41) is 3.51. The lowest BCUT2D eigenvalue weighted by Crippen LogP contribution is -2.07. The molecule has 0 spiro atoms. The standard InChI is InChI=1S/C16H18INO/c1-11-4-9-16(19-3)15(10-11)18-12(2)13-5-7-14(17)8-6-13/h4-10,12,18H,1-3H3. The maximum Gasteiger partial charge on any atom is 0.141 e. The molecule has 0 aliphatic heterocycles. The monoisotopic (exact) mass is 367 g/mol. The van der Waals surface area contributed by atoms with E-state index in [1.807, 2.05) is 6.07 Å². The Morgan fingerprint density at radius 2 is 1.79 bits per heavy atom. The van der Waals surface area contributed by atoms with E-state index >= 15 is 0 Å². The van der Waals surface area contributed by atoms with E-state index in [2.05, 4.69) is 78.2 Å². The molecule has 0 aliphatic rings. The van der Waals surface area contributed by atoms with Crippen molar-refractivity contribution in [3.8, 4) is 5.75 Å². The largest absolute Gasteiger partial charge is 0.495 e. The van der Waals surface area contributed by atoms with Crippen molar-refractivity contribution in [2.45, 2.75) is 19.9 Å². The van der Waals surface area contributed by atoms with Crippen LogP contribution in [0.1, 0.15) is 24.1 Å². The van der Waals surface area contributed by atoms with Crippen LogP contribution in [0.2, 0.25) is 0 Å². The fraction of sp³-hybridized carbons (Fsp3) is 0.250. The molecule has 2 aromatic carbocycles. The van der Waals surface area contributed by atoms with Crippen LogP contribution in [0.3, 0.4) is 0 Å². The average molecular weight is 367 g/mol. The lowest BCUT2D eigenvalue weighted by atomic mass is 10.1. The average Bonchev–Trinajstić information content (AvgIpc) is 2.39. The highest BCUT2D eigenvalue weighted by Crippen LogP contribution is 2.29. The summed E-state index contributed by atoms with van der Waals surface area (Å²) in [5.41, 5.74) is 3.52. The second kappa shape index (κ2) is 6.28. The summed E-state index contributed by atoms with van der Waals surface area (Å²) in [6, 6.07) is 15.0. The first kappa shape index (κ1) is 14.2. The number of methoxy groups -OCH3 is 1. The molecule has 0 heterocycles. The SMILES string of the molecule is COc1ccc(C)cc1NC(C)c1ccc(I)cc1. The smallest absolute Gasteiger partial charge is 0.141 e. The van der Waals surface area contributed by atoms with Gasteiger partial charge in [0, 0.05) is 9.61 Å². The van der Waals surface area contributed by atoms with E-state index in [0.29, 0.717) is 0 Å². The topological polar surface area (TPSA) is 21.3 Å². The zero-order chi connectivity index (χ0) is 13.8. The highest BCUT2D eigenvalue weighted by molar-refractivity contribution is 14.1. The minimum atomic E-state index is 0.243. The van der Waals surface area contributed by atoms with Crippen LogP contribution in [0.15, 0.2) is 42.5 Å². The van der Waals surface area contributed by atoms with Crippen LogP contribution in [-0.4, -0.2) is 7.11 Å². The van der Waals surface area contributed by atoms with Gasteiger partial charge < -0.3 is 10.1 Å². The molecule has 0 radical (unpaired) electrons. The van der Waals surface area contributed by atoms with Crippen LogP contribution in [0.25, 0.3) is 0 Å². The second-order valence-electron chi connectivity index (χ2n) is 4.62. The Morgan fingerprint density at radius 3 is 2.42 bits per heavy atom. The van der Waals surface area contributed by atoms with Crippen LogP contribution >= 0.6 is 22.6 Å². The van der Waals surface area contributed by atoms with Crippen LogP contribution in [-0.2, 0) is 0 Å². The van der Waals surface area contributed by atoms with Gasteiger partial charge in [-0.05, 0) is 71.8 Å². The van der Waals surface area contributed by atoms with Gasteiger partial charge >= 0.3 is 0 Å². The number of hydrogen-bond donors (Lipinski definition) is 1. The highest BCUT2D eigenvalue weighted by Gasteiger charge is 2.09. The molecule has 1 N–H and O–H groups in total. The van der Waals surface area contributed by atoms with Crippen molar-refractivity contribution in [2.24, 2.45) is 0 Å². The van der Waals surface area contributed by atoms with E-state index in [1.54, 1.807) is 7.11 Å². The Bertz CT molecular complexity index is 551. The van der Waals surface area contributed by atoms with Crippen molar-refractivity contribution in [3.05, 3.63) is 57.2 Å². The summed E-state index contributed by atoms with van der Waals surface area (Å²) < 4.78 is 6.64. The summed E-state index contributed by atoms with van der Waals surface area (Å²) in [6.07, 6.45) is 0. The molecule has 1 unspecified atom stereocenters. The van der Waals surface area contributed by atoms with Crippen LogP contribution in [0.5, 0.6) is 5.75 Å². The molecular weight excluding hydrogens is 349 g/mol. The van der Waals surface area contributed by atoms with Gasteiger partial charge in [-0.3, -0.25) is 0 Å². The minimum absolute atomic E-state index is 0.243. The summed E-state index contributed by atoms with van der Waals surface area (Å²) >= 11 is 2.32. The number of anilines is 1. The van der Waals surface area contributed by atoms with E-state index in [-0.39, 0.29) is 6.04 Å². The van der Waals surface area contributed by atoms with Gasteiger partial charge in [-0.15, -0.1) is 0 Å². The van der Waals surface area contributed by atoms with Crippen LogP contribution < -0.4 is 10.1 Å². The third-order valence-electron chi connectivity index (χ3n) is 3.10. The first-order valence-electron chi connectivity index (χ1n) is 6.27. The Labute approximate surface area is 128 Å². The fourth-order valence-electron chi connectivity index (χ4n) is 2.00. The summed E-state index contributed by atoms with van der Waals surface area (Å²) in [7, 11) is 1.70. The normalized spacial score (nSPS) is 12.0. The molecule has 0 fully saturated rings. The molecule has 0 saturated carbocycles. The van der Waals surface area contributed by atoms with E-state index < -0.39 is 0 Å². The summed E-state index contributed by atoms with van der Waals surface area (Å²) in [4.78, 5) is 0. The van der Waals surface area contributed by atoms with E-state index in [1.165, 1.54) is 14.7 Å². The molecule has 2 aromatic rings. The second-order valence-corrected chi connectivity index (χ2v) is 5.87. The fourth-order valence-corrected chi connectivity index (χ4v) is 2.36. The number of benzene rings is 2. The molecule has 3 heteroatoms. The number of hydrogen-bond acceptors (Lipinski definition) is 2. The summed E-state index contributed by atoms with van der Waals surface area (Å²) in [6.45, 7) is 4.24. The Hall–Kier alpha value is -1.23. The minimum Gasteiger partial charge on any atom is -0.495 e. The third kappa shape index (κ3) is 3.62. The van der Waals surface area contributed by atoms with Gasteiger partial charge in [-0.25, -0.2) is 0 Å². The zero-order valence-corrected chi connectivity index (χ0v) is 13.6. The predicted molar refractivity (Wildman–Crippen MR) is 88.9 cm³/mol. The van der Waals surface area contributed by atoms with Gasteiger partial charge in [0.2, 0.25) is 0 Å². The maximum absolute atomic E-state index is 5.39. The van der Waals surface area contributed by atoms with Gasteiger partial charge in [0.15, 0.2) is 0 Å². The van der Waals surface area contributed by atoms with Gasteiger partial charge in [-0.1, -0.05) is 18.2 Å². The van der Waals surface area contributed by atoms with Crippen molar-refractivity contribution < 1.29 is 4.74 Å². The molecule has 0 amide bonds. The number of nitrogens with one attached hydrogen (secondary N) is 1. The number of rotatable bonds is 4. The van der Waals surface area contributed by atoms with Gasteiger partial charge in [-0.2, -0.15) is 0 Å². The molecular formula is C16H18INO. The van der Waals surface area contributed by atoms with E-state index in [0.717, 1.165) is 11.4 Å². The van der Waals surface area contributed by atoms with Crippen LogP contribution in [0, 0.1) is 10.5 Å². The molecule has 0 aromatic heterocycles. The van der Waals surface area contributed by atoms with Gasteiger partial charge in [0.05, 0.1) is 12.8 Å². The summed E-state index contributed by atoms with van der Waals surface area (Å²) in [5.74, 6) is 0.878. The first-order valence-corrected chi connectivity index (χ1v) is 7.34. The van der Waals surface area contributed by atoms with Crippen LogP contribution in [0.4, 0.5) is 5.69 Å². The van der Waals surface area contributed by atoms with Crippen molar-refractivity contribution in [1.29, 1.82) is 0 Å². The Kier molecular flexibility index (Phi) is 4.69. The number of aryl methyl sites for hydroxylation is 1. The number of ether oxygens (including phenoxy) is 1. The quantitative estimate of drug-likeness (QED) is 0.786. The molecule has 0 saturated heterocycles. The molecule has 0 aliphatic carbocycles. The zero-order valence-electron chi connectivity index (χ0n) is 11.4. The van der Waals surface area contributed by atoms with Crippen molar-refractivity contribution in [1.82, 2.24) is 0 Å². The molecule has 2 rings (SSSR count). The van der Waals surface area contributed by atoms with Crippen molar-refractivity contribution in [3.63, 3.8) is 0 Å². The molecule has 2 nitrogen and oxygen atoms in total. The first-order chi connectivity index (χ1) is 9.10.